The summed E-state index contributed by atoms with van der Waals surface area (Å²) in [7, 11) is 0. The number of benzene rings is 1. The van der Waals surface area contributed by atoms with E-state index in [0.29, 0.717) is 12.6 Å². The summed E-state index contributed by atoms with van der Waals surface area (Å²) in [5, 5.41) is 10.6. The zero-order valence-corrected chi connectivity index (χ0v) is 16.0. The van der Waals surface area contributed by atoms with Crippen LogP contribution < -0.4 is 15.4 Å². The Morgan fingerprint density at radius 3 is 2.81 bits per heavy atom. The summed E-state index contributed by atoms with van der Waals surface area (Å²) in [5.41, 5.74) is 3.45. The minimum absolute atomic E-state index is 0.0970. The molecule has 6 nitrogen and oxygen atoms in total. The van der Waals surface area contributed by atoms with Gasteiger partial charge in [0.1, 0.15) is 18.1 Å². The largest absolute Gasteiger partial charge is 0.491 e. The number of carbonyl (C=O) groups is 1. The van der Waals surface area contributed by atoms with E-state index in [1.807, 2.05) is 32.0 Å². The molecular weight excluding hydrogens is 342 g/mol. The normalized spacial score (nSPS) is 19.7. The Labute approximate surface area is 159 Å². The molecule has 2 aliphatic rings. The van der Waals surface area contributed by atoms with Crippen molar-refractivity contribution in [1.29, 1.82) is 0 Å². The number of piperidine rings is 1. The molecule has 1 aromatic carbocycles. The van der Waals surface area contributed by atoms with Crippen molar-refractivity contribution in [2.24, 2.45) is 5.92 Å². The van der Waals surface area contributed by atoms with Gasteiger partial charge in [-0.3, -0.25) is 4.79 Å². The van der Waals surface area contributed by atoms with Crippen LogP contribution in [0.2, 0.25) is 0 Å². The van der Waals surface area contributed by atoms with Crippen LogP contribution in [-0.4, -0.2) is 30.3 Å². The third-order valence-corrected chi connectivity index (χ3v) is 5.35. The molecule has 0 unspecified atom stereocenters. The Morgan fingerprint density at radius 2 is 2.15 bits per heavy atom. The van der Waals surface area contributed by atoms with Crippen LogP contribution in [0.15, 0.2) is 22.7 Å². The van der Waals surface area contributed by atoms with Crippen molar-refractivity contribution in [2.45, 2.75) is 52.0 Å². The molecule has 1 aliphatic heterocycles. The summed E-state index contributed by atoms with van der Waals surface area (Å²) in [6.07, 6.45) is 5.58. The maximum atomic E-state index is 12.1. The molecule has 2 heterocycles. The van der Waals surface area contributed by atoms with Crippen molar-refractivity contribution < 1.29 is 14.1 Å². The zero-order chi connectivity index (χ0) is 18.8. The molecule has 2 N–H and O–H groups in total. The first-order valence-electron chi connectivity index (χ1n) is 9.86. The van der Waals surface area contributed by atoms with Gasteiger partial charge in [-0.05, 0) is 64.3 Å². The molecule has 2 aromatic rings. The van der Waals surface area contributed by atoms with Crippen LogP contribution in [0.5, 0.6) is 5.75 Å². The van der Waals surface area contributed by atoms with Gasteiger partial charge in [0.25, 0.3) is 0 Å². The number of nitrogens with zero attached hydrogens (tertiary/aromatic N) is 1. The Hall–Kier alpha value is -2.34. The average Bonchev–Trinajstić information content (AvgIpc) is 3.47. The Kier molecular flexibility index (Phi) is 5.16. The molecular formula is C21H27N3O3. The highest BCUT2D eigenvalue weighted by molar-refractivity contribution is 5.95. The first-order chi connectivity index (χ1) is 13.1. The quantitative estimate of drug-likeness (QED) is 0.809. The minimum atomic E-state index is 0.0970. The lowest BCUT2D eigenvalue weighted by molar-refractivity contribution is -0.117. The van der Waals surface area contributed by atoms with Gasteiger partial charge in [0.15, 0.2) is 0 Å². The van der Waals surface area contributed by atoms with E-state index in [4.69, 9.17) is 9.26 Å². The van der Waals surface area contributed by atoms with Crippen LogP contribution >= 0.6 is 0 Å². The number of carbonyl (C=O) groups excluding carboxylic acids is 1. The number of anilines is 1. The fourth-order valence-corrected chi connectivity index (χ4v) is 3.64. The molecule has 1 amide bonds. The van der Waals surface area contributed by atoms with E-state index in [1.165, 1.54) is 12.8 Å². The lowest BCUT2D eigenvalue weighted by atomic mass is 10.0. The lowest BCUT2D eigenvalue weighted by Crippen LogP contribution is -2.38. The van der Waals surface area contributed by atoms with Gasteiger partial charge in [0.05, 0.1) is 11.3 Å². The summed E-state index contributed by atoms with van der Waals surface area (Å²) < 4.78 is 11.5. The van der Waals surface area contributed by atoms with Crippen LogP contribution in [0.1, 0.15) is 43.6 Å². The molecule has 4 rings (SSSR count). The van der Waals surface area contributed by atoms with E-state index in [9.17, 15) is 4.79 Å². The number of aryl methyl sites for hydroxylation is 2. The molecule has 0 bridgehead atoms. The highest BCUT2D eigenvalue weighted by atomic mass is 16.5. The second-order valence-corrected chi connectivity index (χ2v) is 7.63. The molecule has 1 saturated heterocycles. The van der Waals surface area contributed by atoms with Crippen molar-refractivity contribution in [1.82, 2.24) is 10.5 Å². The third-order valence-electron chi connectivity index (χ3n) is 5.35. The van der Waals surface area contributed by atoms with Crippen LogP contribution in [0.25, 0.3) is 11.1 Å². The van der Waals surface area contributed by atoms with Gasteiger partial charge < -0.3 is 19.9 Å². The van der Waals surface area contributed by atoms with Crippen molar-refractivity contribution in [3.63, 3.8) is 0 Å². The van der Waals surface area contributed by atoms with Crippen LogP contribution in [0.4, 0.5) is 5.69 Å². The van der Waals surface area contributed by atoms with Crippen molar-refractivity contribution >= 4 is 11.6 Å². The maximum absolute atomic E-state index is 12.1. The monoisotopic (exact) mass is 369 g/mol. The molecule has 6 heteroatoms. The van der Waals surface area contributed by atoms with E-state index in [-0.39, 0.29) is 11.8 Å². The fourth-order valence-electron chi connectivity index (χ4n) is 3.64. The van der Waals surface area contributed by atoms with Crippen LogP contribution in [0.3, 0.4) is 0 Å². The molecule has 0 radical (unpaired) electrons. The van der Waals surface area contributed by atoms with Crippen LogP contribution in [0, 0.1) is 19.8 Å². The fraction of sp³-hybridized carbons (Fsp3) is 0.524. The van der Waals surface area contributed by atoms with E-state index in [0.717, 1.165) is 59.8 Å². The highest BCUT2D eigenvalue weighted by Crippen LogP contribution is 2.37. The second kappa shape index (κ2) is 7.72. The van der Waals surface area contributed by atoms with Crippen molar-refractivity contribution in [3.8, 4) is 16.9 Å². The summed E-state index contributed by atoms with van der Waals surface area (Å²) in [5.74, 6) is 1.81. The summed E-state index contributed by atoms with van der Waals surface area (Å²) >= 11 is 0. The van der Waals surface area contributed by atoms with Gasteiger partial charge in [0, 0.05) is 23.2 Å². The molecule has 1 atom stereocenters. The molecule has 144 valence electrons. The first-order valence-corrected chi connectivity index (χ1v) is 9.86. The Morgan fingerprint density at radius 1 is 1.30 bits per heavy atom. The SMILES string of the molecule is Cc1noc(C)c1-c1cc(NC(=O)C2CC2)ccc1OC[C@@H]1CCCCN1. The smallest absolute Gasteiger partial charge is 0.227 e. The van der Waals surface area contributed by atoms with Gasteiger partial charge in [-0.25, -0.2) is 0 Å². The topological polar surface area (TPSA) is 76.4 Å². The van der Waals surface area contributed by atoms with Gasteiger partial charge in [0.2, 0.25) is 5.91 Å². The number of nitrogens with one attached hydrogen (secondary N) is 2. The van der Waals surface area contributed by atoms with E-state index in [1.54, 1.807) is 0 Å². The predicted molar refractivity (Wildman–Crippen MR) is 104 cm³/mol. The third kappa shape index (κ3) is 4.16. The number of ether oxygens (including phenoxy) is 1. The summed E-state index contributed by atoms with van der Waals surface area (Å²) in [6, 6.07) is 6.19. The molecule has 2 fully saturated rings. The van der Waals surface area contributed by atoms with Gasteiger partial charge in [-0.2, -0.15) is 0 Å². The zero-order valence-electron chi connectivity index (χ0n) is 16.0. The highest BCUT2D eigenvalue weighted by Gasteiger charge is 2.30. The van der Waals surface area contributed by atoms with Gasteiger partial charge in [-0.1, -0.05) is 11.6 Å². The number of amides is 1. The molecule has 1 aliphatic carbocycles. The first kappa shape index (κ1) is 18.0. The molecule has 0 spiro atoms. The maximum Gasteiger partial charge on any atom is 0.227 e. The number of hydrogen-bond donors (Lipinski definition) is 2. The molecule has 1 aromatic heterocycles. The number of hydrogen-bond acceptors (Lipinski definition) is 5. The lowest BCUT2D eigenvalue weighted by Gasteiger charge is -2.24. The van der Waals surface area contributed by atoms with E-state index < -0.39 is 0 Å². The summed E-state index contributed by atoms with van der Waals surface area (Å²) in [6.45, 7) is 5.51. The Balaban J connectivity index is 1.59. The van der Waals surface area contributed by atoms with Crippen LogP contribution in [-0.2, 0) is 4.79 Å². The summed E-state index contributed by atoms with van der Waals surface area (Å²) in [4.78, 5) is 12.1. The van der Waals surface area contributed by atoms with E-state index >= 15 is 0 Å². The minimum Gasteiger partial charge on any atom is -0.491 e. The average molecular weight is 369 g/mol. The Bertz CT molecular complexity index is 801. The van der Waals surface area contributed by atoms with Crippen molar-refractivity contribution in [3.05, 3.63) is 29.7 Å². The van der Waals surface area contributed by atoms with Gasteiger partial charge >= 0.3 is 0 Å². The molecule has 1 saturated carbocycles. The van der Waals surface area contributed by atoms with Gasteiger partial charge in [-0.15, -0.1) is 0 Å². The predicted octanol–water partition coefficient (Wildman–Crippen LogP) is 3.83. The van der Waals surface area contributed by atoms with Crippen molar-refractivity contribution in [2.75, 3.05) is 18.5 Å². The molecule has 27 heavy (non-hydrogen) atoms. The van der Waals surface area contributed by atoms with E-state index in [2.05, 4.69) is 15.8 Å². The standard InChI is InChI=1S/C21H27N3O3/c1-13-20(14(2)27-24-13)18-11-16(23-21(25)15-6-7-15)8-9-19(18)26-12-17-5-3-4-10-22-17/h8-9,11,15,17,22H,3-7,10,12H2,1-2H3,(H,23,25)/t17-/m0/s1. The number of aromatic nitrogens is 1. The number of rotatable bonds is 6. The second-order valence-electron chi connectivity index (χ2n) is 7.63.